The van der Waals surface area contributed by atoms with Gasteiger partial charge in [-0.05, 0) is 34.7 Å². The molecule has 0 saturated heterocycles. The third-order valence-electron chi connectivity index (χ3n) is 1.97. The average Bonchev–Trinajstić information content (AvgIpc) is 2.26. The molecule has 1 aromatic carbocycles. The van der Waals surface area contributed by atoms with E-state index in [2.05, 4.69) is 15.9 Å². The zero-order chi connectivity index (χ0) is 13.2. The Bertz CT molecular complexity index is 507. The fourth-order valence-electron chi connectivity index (χ4n) is 1.24. The number of hydrogen-bond acceptors (Lipinski definition) is 2. The number of halogens is 5. The molecule has 0 aliphatic carbocycles. The summed E-state index contributed by atoms with van der Waals surface area (Å²) in [6.07, 6.45) is -4.61. The first kappa shape index (κ1) is 14.4. The van der Waals surface area contributed by atoms with Gasteiger partial charge in [-0.15, -0.1) is 0 Å². The van der Waals surface area contributed by atoms with Gasteiger partial charge in [0.1, 0.15) is 6.07 Å². The second-order valence-corrected chi connectivity index (χ2v) is 4.66. The Morgan fingerprint density at radius 2 is 2.06 bits per heavy atom. The molecule has 90 valence electrons. The third kappa shape index (κ3) is 2.98. The van der Waals surface area contributed by atoms with Crippen LogP contribution in [0.2, 0.25) is 0 Å². The lowest BCUT2D eigenvalue weighted by Crippen LogP contribution is -2.16. The van der Waals surface area contributed by atoms with Crippen molar-refractivity contribution < 1.29 is 18.0 Å². The molecule has 0 unspecified atom stereocenters. The van der Waals surface area contributed by atoms with E-state index >= 15 is 0 Å². The van der Waals surface area contributed by atoms with Crippen molar-refractivity contribution in [1.82, 2.24) is 0 Å². The molecule has 0 heterocycles. The SMILES string of the molecule is N#Cc1ccc(C(F)(F)F)c(C(=O)CBr)c1I. The van der Waals surface area contributed by atoms with Crippen LogP contribution in [0.1, 0.15) is 21.5 Å². The summed E-state index contributed by atoms with van der Waals surface area (Å²) in [7, 11) is 0. The Kier molecular flexibility index (Phi) is 4.55. The van der Waals surface area contributed by atoms with Crippen molar-refractivity contribution in [3.05, 3.63) is 32.4 Å². The quantitative estimate of drug-likeness (QED) is 0.417. The minimum absolute atomic E-state index is 0.0318. The van der Waals surface area contributed by atoms with Crippen molar-refractivity contribution in [3.63, 3.8) is 0 Å². The molecule has 0 aliphatic rings. The highest BCUT2D eigenvalue weighted by molar-refractivity contribution is 14.1. The van der Waals surface area contributed by atoms with E-state index in [9.17, 15) is 18.0 Å². The topological polar surface area (TPSA) is 40.9 Å². The molecule has 0 aliphatic heterocycles. The van der Waals surface area contributed by atoms with Crippen molar-refractivity contribution >= 4 is 44.3 Å². The van der Waals surface area contributed by atoms with Crippen molar-refractivity contribution in [2.75, 3.05) is 5.33 Å². The monoisotopic (exact) mass is 417 g/mol. The van der Waals surface area contributed by atoms with Crippen LogP contribution in [0.25, 0.3) is 0 Å². The van der Waals surface area contributed by atoms with E-state index in [0.29, 0.717) is 0 Å². The molecule has 0 atom stereocenters. The maximum Gasteiger partial charge on any atom is 0.417 e. The Morgan fingerprint density at radius 1 is 1.47 bits per heavy atom. The molecule has 0 spiro atoms. The number of carbonyl (C=O) groups is 1. The van der Waals surface area contributed by atoms with E-state index in [-0.39, 0.29) is 14.5 Å². The van der Waals surface area contributed by atoms with Crippen molar-refractivity contribution in [2.45, 2.75) is 6.18 Å². The molecular formula is C10H4BrF3INO. The van der Waals surface area contributed by atoms with Gasteiger partial charge in [0.15, 0.2) is 5.78 Å². The molecule has 0 amide bonds. The van der Waals surface area contributed by atoms with Crippen LogP contribution in [-0.2, 0) is 6.18 Å². The first-order valence-electron chi connectivity index (χ1n) is 4.22. The lowest BCUT2D eigenvalue weighted by Gasteiger charge is -2.13. The van der Waals surface area contributed by atoms with Gasteiger partial charge in [0.05, 0.1) is 16.5 Å². The lowest BCUT2D eigenvalue weighted by molar-refractivity contribution is -0.137. The number of benzene rings is 1. The van der Waals surface area contributed by atoms with Gasteiger partial charge in [-0.3, -0.25) is 4.79 Å². The normalized spacial score (nSPS) is 11.1. The number of carbonyl (C=O) groups excluding carboxylic acids is 1. The number of nitrogens with zero attached hydrogens (tertiary/aromatic N) is 1. The zero-order valence-corrected chi connectivity index (χ0v) is 11.9. The minimum atomic E-state index is -4.61. The van der Waals surface area contributed by atoms with Crippen LogP contribution >= 0.6 is 38.5 Å². The molecule has 0 aromatic heterocycles. The van der Waals surface area contributed by atoms with E-state index in [4.69, 9.17) is 5.26 Å². The highest BCUT2D eigenvalue weighted by Crippen LogP contribution is 2.35. The van der Waals surface area contributed by atoms with Crippen molar-refractivity contribution in [1.29, 1.82) is 5.26 Å². The van der Waals surface area contributed by atoms with Crippen LogP contribution in [0.5, 0.6) is 0 Å². The molecule has 17 heavy (non-hydrogen) atoms. The molecular weight excluding hydrogens is 414 g/mol. The van der Waals surface area contributed by atoms with Crippen LogP contribution in [-0.4, -0.2) is 11.1 Å². The number of hydrogen-bond donors (Lipinski definition) is 0. The maximum atomic E-state index is 12.7. The number of nitriles is 1. The van der Waals surface area contributed by atoms with E-state index in [1.54, 1.807) is 28.7 Å². The van der Waals surface area contributed by atoms with E-state index in [0.717, 1.165) is 12.1 Å². The number of alkyl halides is 4. The summed E-state index contributed by atoms with van der Waals surface area (Å²) < 4.78 is 38.2. The van der Waals surface area contributed by atoms with Gasteiger partial charge >= 0.3 is 6.18 Å². The Morgan fingerprint density at radius 3 is 2.47 bits per heavy atom. The number of ketones is 1. The lowest BCUT2D eigenvalue weighted by atomic mass is 10.0. The molecule has 0 bridgehead atoms. The largest absolute Gasteiger partial charge is 0.417 e. The fourth-order valence-corrected chi connectivity index (χ4v) is 2.41. The van der Waals surface area contributed by atoms with Crippen LogP contribution in [0.15, 0.2) is 12.1 Å². The Labute approximate surface area is 117 Å². The summed E-state index contributed by atoms with van der Waals surface area (Å²) in [5, 5.41) is 8.51. The minimum Gasteiger partial charge on any atom is -0.293 e. The van der Waals surface area contributed by atoms with Gasteiger partial charge in [-0.1, -0.05) is 15.9 Å². The molecule has 1 rings (SSSR count). The summed E-state index contributed by atoms with van der Waals surface area (Å²) in [6.45, 7) is 0. The summed E-state index contributed by atoms with van der Waals surface area (Å²) in [6, 6.07) is 3.58. The van der Waals surface area contributed by atoms with Crippen LogP contribution in [0.3, 0.4) is 0 Å². The summed E-state index contributed by atoms with van der Waals surface area (Å²) in [5.41, 5.74) is -1.40. The highest BCUT2D eigenvalue weighted by Gasteiger charge is 2.36. The highest BCUT2D eigenvalue weighted by atomic mass is 127. The average molecular weight is 418 g/mol. The first-order chi connectivity index (χ1) is 7.82. The number of Topliss-reactive ketones (excluding diaryl/α,β-unsaturated/α-hetero) is 1. The smallest absolute Gasteiger partial charge is 0.293 e. The predicted octanol–water partition coefficient (Wildman–Crippen LogP) is 3.76. The molecule has 0 N–H and O–H groups in total. The fraction of sp³-hybridized carbons (Fsp3) is 0.200. The van der Waals surface area contributed by atoms with E-state index < -0.39 is 23.1 Å². The van der Waals surface area contributed by atoms with Gasteiger partial charge in [-0.25, -0.2) is 0 Å². The summed E-state index contributed by atoms with van der Waals surface area (Å²) in [5.74, 6) is -0.696. The predicted molar refractivity (Wildman–Crippen MR) is 67.0 cm³/mol. The second-order valence-electron chi connectivity index (χ2n) is 3.02. The molecule has 2 nitrogen and oxygen atoms in total. The first-order valence-corrected chi connectivity index (χ1v) is 6.42. The molecule has 0 saturated carbocycles. The summed E-state index contributed by atoms with van der Waals surface area (Å²) in [4.78, 5) is 11.5. The third-order valence-corrected chi connectivity index (χ3v) is 3.60. The van der Waals surface area contributed by atoms with Crippen LogP contribution in [0.4, 0.5) is 13.2 Å². The van der Waals surface area contributed by atoms with Crippen LogP contribution in [0, 0.1) is 14.9 Å². The number of rotatable bonds is 2. The van der Waals surface area contributed by atoms with Gasteiger partial charge in [0.2, 0.25) is 0 Å². The maximum absolute atomic E-state index is 12.7. The summed E-state index contributed by atoms with van der Waals surface area (Å²) >= 11 is 4.41. The molecule has 0 radical (unpaired) electrons. The van der Waals surface area contributed by atoms with Crippen molar-refractivity contribution in [2.24, 2.45) is 0 Å². The standard InChI is InChI=1S/C10H4BrF3INO/c11-3-7(17)8-6(10(12,13)14)2-1-5(4-16)9(8)15/h1-2H,3H2. The van der Waals surface area contributed by atoms with Gasteiger partial charge in [-0.2, -0.15) is 18.4 Å². The van der Waals surface area contributed by atoms with Crippen LogP contribution < -0.4 is 0 Å². The van der Waals surface area contributed by atoms with E-state index in [1.165, 1.54) is 0 Å². The molecule has 0 fully saturated rings. The van der Waals surface area contributed by atoms with E-state index in [1.807, 2.05) is 0 Å². The van der Waals surface area contributed by atoms with Gasteiger partial charge < -0.3 is 0 Å². The Balaban J connectivity index is 3.60. The van der Waals surface area contributed by atoms with Crippen molar-refractivity contribution in [3.8, 4) is 6.07 Å². The molecule has 7 heteroatoms. The molecule has 1 aromatic rings. The van der Waals surface area contributed by atoms with Gasteiger partial charge in [0.25, 0.3) is 0 Å². The van der Waals surface area contributed by atoms with Gasteiger partial charge in [0, 0.05) is 9.13 Å². The Hall–Kier alpha value is -0.620. The second kappa shape index (κ2) is 5.35. The zero-order valence-electron chi connectivity index (χ0n) is 8.11.